The molecule has 136 valence electrons. The van der Waals surface area contributed by atoms with Crippen molar-refractivity contribution in [1.82, 2.24) is 14.7 Å². The molecule has 26 heavy (non-hydrogen) atoms. The van der Waals surface area contributed by atoms with Crippen molar-refractivity contribution >= 4 is 11.6 Å². The summed E-state index contributed by atoms with van der Waals surface area (Å²) in [6, 6.07) is 8.92. The molecule has 4 rings (SSSR count). The lowest BCUT2D eigenvalue weighted by Crippen LogP contribution is -2.54. The van der Waals surface area contributed by atoms with Crippen LogP contribution >= 0.6 is 0 Å². The number of carbonyl (C=O) groups is 1. The SMILES string of the molecule is Cn1ncc(N2CCN(C(=O)C3COc4ccccc4O3)CC2)cc1=O. The number of aryl methyl sites for hydroxylation is 1. The largest absolute Gasteiger partial charge is 0.485 e. The molecule has 2 aliphatic heterocycles. The highest BCUT2D eigenvalue weighted by Gasteiger charge is 2.32. The van der Waals surface area contributed by atoms with E-state index in [4.69, 9.17) is 9.47 Å². The quantitative estimate of drug-likeness (QED) is 0.769. The van der Waals surface area contributed by atoms with E-state index >= 15 is 0 Å². The molecular formula is C18H20N4O4. The van der Waals surface area contributed by atoms with Crippen LogP contribution < -0.4 is 19.9 Å². The van der Waals surface area contributed by atoms with Crippen molar-refractivity contribution in [2.24, 2.45) is 7.05 Å². The molecule has 1 aromatic carbocycles. The lowest BCUT2D eigenvalue weighted by atomic mass is 10.2. The summed E-state index contributed by atoms with van der Waals surface area (Å²) in [5.41, 5.74) is 0.638. The van der Waals surface area contributed by atoms with E-state index in [1.165, 1.54) is 4.68 Å². The normalized spacial score (nSPS) is 19.3. The van der Waals surface area contributed by atoms with Gasteiger partial charge in [-0.1, -0.05) is 12.1 Å². The van der Waals surface area contributed by atoms with Gasteiger partial charge in [0.05, 0.1) is 11.9 Å². The number of piperazine rings is 1. The third kappa shape index (κ3) is 3.10. The zero-order valence-corrected chi connectivity index (χ0v) is 14.5. The molecule has 8 heteroatoms. The van der Waals surface area contributed by atoms with E-state index in [-0.39, 0.29) is 18.1 Å². The van der Waals surface area contributed by atoms with Gasteiger partial charge in [-0.05, 0) is 12.1 Å². The first-order valence-electron chi connectivity index (χ1n) is 8.57. The molecule has 1 amide bonds. The van der Waals surface area contributed by atoms with Crippen LogP contribution in [0.25, 0.3) is 0 Å². The average Bonchev–Trinajstić information content (AvgIpc) is 2.69. The first-order valence-corrected chi connectivity index (χ1v) is 8.57. The highest BCUT2D eigenvalue weighted by molar-refractivity contribution is 5.82. The Morgan fingerprint density at radius 1 is 1.15 bits per heavy atom. The standard InChI is InChI=1S/C18H20N4O4/c1-20-17(23)10-13(11-19-20)21-6-8-22(9-7-21)18(24)16-12-25-14-4-2-3-5-15(14)26-16/h2-5,10-11,16H,6-9,12H2,1H3. The molecule has 1 fully saturated rings. The van der Waals surface area contributed by atoms with Crippen molar-refractivity contribution in [3.05, 3.63) is 46.9 Å². The van der Waals surface area contributed by atoms with E-state index in [9.17, 15) is 9.59 Å². The second-order valence-corrected chi connectivity index (χ2v) is 6.35. The van der Waals surface area contributed by atoms with Crippen molar-refractivity contribution in [3.8, 4) is 11.5 Å². The number of nitrogens with zero attached hydrogens (tertiary/aromatic N) is 4. The molecule has 0 radical (unpaired) electrons. The third-order valence-corrected chi connectivity index (χ3v) is 4.69. The van der Waals surface area contributed by atoms with Gasteiger partial charge >= 0.3 is 0 Å². The second-order valence-electron chi connectivity index (χ2n) is 6.35. The summed E-state index contributed by atoms with van der Waals surface area (Å²) >= 11 is 0. The van der Waals surface area contributed by atoms with Crippen molar-refractivity contribution in [2.45, 2.75) is 6.10 Å². The molecule has 2 aliphatic rings. The van der Waals surface area contributed by atoms with Gasteiger partial charge in [0.25, 0.3) is 11.5 Å². The van der Waals surface area contributed by atoms with Gasteiger partial charge in [-0.25, -0.2) is 4.68 Å². The fraction of sp³-hybridized carbons (Fsp3) is 0.389. The minimum atomic E-state index is -0.623. The maximum atomic E-state index is 12.7. The van der Waals surface area contributed by atoms with Crippen LogP contribution in [0.1, 0.15) is 0 Å². The average molecular weight is 356 g/mol. The summed E-state index contributed by atoms with van der Waals surface area (Å²) in [6.45, 7) is 2.63. The van der Waals surface area contributed by atoms with Gasteiger partial charge in [-0.3, -0.25) is 9.59 Å². The van der Waals surface area contributed by atoms with Crippen LogP contribution in [0.15, 0.2) is 41.3 Å². The molecule has 1 aromatic heterocycles. The lowest BCUT2D eigenvalue weighted by Gasteiger charge is -2.37. The number of carbonyl (C=O) groups excluding carboxylic acids is 1. The lowest BCUT2D eigenvalue weighted by molar-refractivity contribution is -0.141. The fourth-order valence-corrected chi connectivity index (χ4v) is 3.16. The molecule has 8 nitrogen and oxygen atoms in total. The number of hydrogen-bond acceptors (Lipinski definition) is 6. The van der Waals surface area contributed by atoms with Gasteiger partial charge in [0, 0.05) is 39.3 Å². The highest BCUT2D eigenvalue weighted by atomic mass is 16.6. The summed E-state index contributed by atoms with van der Waals surface area (Å²) in [6.07, 6.45) is 1.05. The maximum absolute atomic E-state index is 12.7. The van der Waals surface area contributed by atoms with E-state index in [2.05, 4.69) is 10.00 Å². The van der Waals surface area contributed by atoms with E-state index < -0.39 is 6.10 Å². The molecule has 3 heterocycles. The van der Waals surface area contributed by atoms with Crippen molar-refractivity contribution < 1.29 is 14.3 Å². The summed E-state index contributed by atoms with van der Waals surface area (Å²) in [5, 5.41) is 4.05. The Hall–Kier alpha value is -3.03. The summed E-state index contributed by atoms with van der Waals surface area (Å²) < 4.78 is 12.7. The number of anilines is 1. The van der Waals surface area contributed by atoms with Crippen LogP contribution in [0.5, 0.6) is 11.5 Å². The third-order valence-electron chi connectivity index (χ3n) is 4.69. The number of amides is 1. The summed E-state index contributed by atoms with van der Waals surface area (Å²) in [5.74, 6) is 1.20. The minimum absolute atomic E-state index is 0.0683. The number of rotatable bonds is 2. The Bertz CT molecular complexity index is 873. The topological polar surface area (TPSA) is 76.9 Å². The molecule has 0 spiro atoms. The Morgan fingerprint density at radius 2 is 1.88 bits per heavy atom. The van der Waals surface area contributed by atoms with Crippen LogP contribution in [-0.4, -0.2) is 59.5 Å². The second kappa shape index (κ2) is 6.70. The predicted octanol–water partition coefficient (Wildman–Crippen LogP) is 0.269. The first-order chi connectivity index (χ1) is 12.6. The van der Waals surface area contributed by atoms with Crippen molar-refractivity contribution in [1.29, 1.82) is 0 Å². The predicted molar refractivity (Wildman–Crippen MR) is 94.6 cm³/mol. The Labute approximate surface area is 150 Å². The molecule has 1 saturated heterocycles. The molecule has 2 aromatic rings. The molecule has 0 saturated carbocycles. The minimum Gasteiger partial charge on any atom is -0.485 e. The summed E-state index contributed by atoms with van der Waals surface area (Å²) in [4.78, 5) is 28.3. The van der Waals surface area contributed by atoms with Gasteiger partial charge < -0.3 is 19.3 Å². The Morgan fingerprint density at radius 3 is 2.62 bits per heavy atom. The van der Waals surface area contributed by atoms with E-state index in [1.54, 1.807) is 30.3 Å². The van der Waals surface area contributed by atoms with Crippen molar-refractivity contribution in [3.63, 3.8) is 0 Å². The number of fused-ring (bicyclic) bond motifs is 1. The number of aromatic nitrogens is 2. The number of benzene rings is 1. The van der Waals surface area contributed by atoms with Crippen LogP contribution in [0.2, 0.25) is 0 Å². The molecule has 0 bridgehead atoms. The van der Waals surface area contributed by atoms with Gasteiger partial charge in [0.15, 0.2) is 11.5 Å². The zero-order valence-electron chi connectivity index (χ0n) is 14.5. The number of para-hydroxylation sites is 2. The van der Waals surface area contributed by atoms with Gasteiger partial charge in [0.2, 0.25) is 6.10 Å². The van der Waals surface area contributed by atoms with Gasteiger partial charge in [0.1, 0.15) is 6.61 Å². The zero-order chi connectivity index (χ0) is 18.1. The van der Waals surface area contributed by atoms with Crippen LogP contribution in [-0.2, 0) is 11.8 Å². The molecule has 1 unspecified atom stereocenters. The fourth-order valence-electron chi connectivity index (χ4n) is 3.16. The summed E-state index contributed by atoms with van der Waals surface area (Å²) in [7, 11) is 1.62. The van der Waals surface area contributed by atoms with E-state index in [0.29, 0.717) is 37.7 Å². The van der Waals surface area contributed by atoms with Crippen molar-refractivity contribution in [2.75, 3.05) is 37.7 Å². The van der Waals surface area contributed by atoms with Crippen LogP contribution in [0.3, 0.4) is 0 Å². The van der Waals surface area contributed by atoms with Crippen LogP contribution in [0.4, 0.5) is 5.69 Å². The Balaban J connectivity index is 1.38. The smallest absolute Gasteiger partial charge is 0.268 e. The molecule has 0 N–H and O–H groups in total. The molecule has 1 atom stereocenters. The Kier molecular flexibility index (Phi) is 4.24. The molecular weight excluding hydrogens is 336 g/mol. The maximum Gasteiger partial charge on any atom is 0.268 e. The van der Waals surface area contributed by atoms with E-state index in [0.717, 1.165) is 5.69 Å². The number of ether oxygens (including phenoxy) is 2. The van der Waals surface area contributed by atoms with Gasteiger partial charge in [-0.2, -0.15) is 5.10 Å². The van der Waals surface area contributed by atoms with Crippen LogP contribution in [0, 0.1) is 0 Å². The molecule has 0 aliphatic carbocycles. The first kappa shape index (κ1) is 16.4. The highest BCUT2D eigenvalue weighted by Crippen LogP contribution is 2.31. The van der Waals surface area contributed by atoms with Gasteiger partial charge in [-0.15, -0.1) is 0 Å². The van der Waals surface area contributed by atoms with E-state index in [1.807, 2.05) is 18.2 Å². The monoisotopic (exact) mass is 356 g/mol. The number of hydrogen-bond donors (Lipinski definition) is 0.